The second-order valence-corrected chi connectivity index (χ2v) is 5.00. The molecule has 3 nitrogen and oxygen atoms in total. The Kier molecular flexibility index (Phi) is 6.48. The molecule has 1 aromatic rings. The molecule has 0 saturated carbocycles. The first-order valence-corrected chi connectivity index (χ1v) is 6.63. The summed E-state index contributed by atoms with van der Waals surface area (Å²) >= 11 is 0. The summed E-state index contributed by atoms with van der Waals surface area (Å²) in [5.41, 5.74) is -0.166. The van der Waals surface area contributed by atoms with E-state index in [0.717, 1.165) is 44.5 Å². The summed E-state index contributed by atoms with van der Waals surface area (Å²) in [6.07, 6.45) is 2.56. The van der Waals surface area contributed by atoms with Crippen molar-refractivity contribution in [1.29, 1.82) is 0 Å². The van der Waals surface area contributed by atoms with Crippen molar-refractivity contribution in [2.45, 2.75) is 25.3 Å². The number of nitrogens with one attached hydrogen (secondary N) is 1. The molecule has 0 aromatic heterocycles. The van der Waals surface area contributed by atoms with Crippen LogP contribution >= 0.6 is 12.4 Å². The quantitative estimate of drug-likeness (QED) is 0.849. The zero-order valence-corrected chi connectivity index (χ0v) is 12.5. The third-order valence-electron chi connectivity index (χ3n) is 3.64. The van der Waals surface area contributed by atoms with Crippen LogP contribution in [0.1, 0.15) is 29.6 Å². The number of carbonyl (C=O) groups is 1. The summed E-state index contributed by atoms with van der Waals surface area (Å²) in [6, 6.07) is 1.51. The highest BCUT2D eigenvalue weighted by molar-refractivity contribution is 5.94. The maximum Gasteiger partial charge on any atom is 0.254 e. The van der Waals surface area contributed by atoms with E-state index in [9.17, 15) is 18.0 Å². The number of halogens is 4. The first-order chi connectivity index (χ1) is 9.50. The van der Waals surface area contributed by atoms with Gasteiger partial charge < -0.3 is 10.2 Å². The molecule has 7 heteroatoms. The van der Waals surface area contributed by atoms with Crippen molar-refractivity contribution in [1.82, 2.24) is 10.2 Å². The Balaban J connectivity index is 0.00000220. The van der Waals surface area contributed by atoms with Gasteiger partial charge in [-0.1, -0.05) is 0 Å². The monoisotopic (exact) mass is 322 g/mol. The van der Waals surface area contributed by atoms with Crippen molar-refractivity contribution in [2.24, 2.45) is 0 Å². The number of nitrogens with zero attached hydrogens (tertiary/aromatic N) is 1. The number of amides is 1. The van der Waals surface area contributed by atoms with E-state index in [-0.39, 0.29) is 24.0 Å². The molecule has 1 N–H and O–H groups in total. The van der Waals surface area contributed by atoms with Gasteiger partial charge in [0.05, 0.1) is 0 Å². The number of carbonyl (C=O) groups excluding carboxylic acids is 1. The average molecular weight is 323 g/mol. The molecule has 0 spiro atoms. The fraction of sp³-hybridized carbons (Fsp3) is 0.500. The van der Waals surface area contributed by atoms with Crippen LogP contribution in [0.3, 0.4) is 0 Å². The largest absolute Gasteiger partial charge is 0.339 e. The Bertz CT molecular complexity index is 482. The molecule has 1 heterocycles. The van der Waals surface area contributed by atoms with Gasteiger partial charge in [-0.25, -0.2) is 13.2 Å². The number of rotatable bonds is 2. The third kappa shape index (κ3) is 4.11. The fourth-order valence-electron chi connectivity index (χ4n) is 2.44. The minimum atomic E-state index is -1.55. The van der Waals surface area contributed by atoms with Gasteiger partial charge in [0.15, 0.2) is 17.5 Å². The highest BCUT2D eigenvalue weighted by atomic mass is 35.5. The molecular formula is C14H18ClF3N2O. The molecule has 0 bridgehead atoms. The van der Waals surface area contributed by atoms with Crippen LogP contribution in [0, 0.1) is 17.5 Å². The average Bonchev–Trinajstić information content (AvgIpc) is 2.71. The minimum Gasteiger partial charge on any atom is -0.339 e. The number of hydrogen-bond donors (Lipinski definition) is 1. The fourth-order valence-corrected chi connectivity index (χ4v) is 2.44. The van der Waals surface area contributed by atoms with Gasteiger partial charge in [-0.3, -0.25) is 4.79 Å². The lowest BCUT2D eigenvalue weighted by Gasteiger charge is -2.27. The van der Waals surface area contributed by atoms with E-state index in [4.69, 9.17) is 0 Å². The van der Waals surface area contributed by atoms with Crippen molar-refractivity contribution >= 4 is 18.3 Å². The van der Waals surface area contributed by atoms with Gasteiger partial charge in [0.2, 0.25) is 0 Å². The van der Waals surface area contributed by atoms with E-state index >= 15 is 0 Å². The molecule has 1 aromatic carbocycles. The van der Waals surface area contributed by atoms with Gasteiger partial charge in [-0.05, 0) is 44.5 Å². The van der Waals surface area contributed by atoms with Gasteiger partial charge in [-0.15, -0.1) is 12.4 Å². The van der Waals surface area contributed by atoms with Crippen molar-refractivity contribution in [2.75, 3.05) is 20.1 Å². The van der Waals surface area contributed by atoms with Crippen LogP contribution in [0.15, 0.2) is 12.1 Å². The predicted molar refractivity (Wildman–Crippen MR) is 76.2 cm³/mol. The van der Waals surface area contributed by atoms with Gasteiger partial charge in [-0.2, -0.15) is 0 Å². The molecule has 0 aliphatic carbocycles. The summed E-state index contributed by atoms with van der Waals surface area (Å²) in [5.74, 6) is -4.73. The standard InChI is InChI=1S/C14H17F3N2O.ClH/c1-19(10-3-2-5-18-6-4-10)14(20)9-7-11(15)13(17)12(16)8-9;/h7-8,10,18H,2-6H2,1H3;1H. The van der Waals surface area contributed by atoms with E-state index in [0.29, 0.717) is 0 Å². The van der Waals surface area contributed by atoms with E-state index in [2.05, 4.69) is 5.32 Å². The summed E-state index contributed by atoms with van der Waals surface area (Å²) in [6.45, 7) is 1.70. The van der Waals surface area contributed by atoms with Crippen molar-refractivity contribution < 1.29 is 18.0 Å². The topological polar surface area (TPSA) is 32.3 Å². The lowest BCUT2D eigenvalue weighted by Crippen LogP contribution is -2.37. The Morgan fingerprint density at radius 1 is 1.19 bits per heavy atom. The van der Waals surface area contributed by atoms with Crippen LogP contribution in [0.2, 0.25) is 0 Å². The molecule has 1 fully saturated rings. The van der Waals surface area contributed by atoms with E-state index in [1.165, 1.54) is 4.90 Å². The molecule has 1 aliphatic heterocycles. The Morgan fingerprint density at radius 3 is 2.43 bits per heavy atom. The maximum atomic E-state index is 13.2. The van der Waals surface area contributed by atoms with Gasteiger partial charge in [0, 0.05) is 18.7 Å². The number of benzene rings is 1. The van der Waals surface area contributed by atoms with Crippen LogP contribution in [0.5, 0.6) is 0 Å². The maximum absolute atomic E-state index is 13.2. The van der Waals surface area contributed by atoms with E-state index in [1.807, 2.05) is 0 Å². The zero-order valence-electron chi connectivity index (χ0n) is 11.7. The predicted octanol–water partition coefficient (Wildman–Crippen LogP) is 2.74. The van der Waals surface area contributed by atoms with Crippen molar-refractivity contribution in [3.63, 3.8) is 0 Å². The molecule has 1 unspecified atom stereocenters. The lowest BCUT2D eigenvalue weighted by atomic mass is 10.1. The normalized spacial score (nSPS) is 18.6. The highest BCUT2D eigenvalue weighted by Crippen LogP contribution is 2.18. The lowest BCUT2D eigenvalue weighted by molar-refractivity contribution is 0.0719. The van der Waals surface area contributed by atoms with Crippen LogP contribution in [-0.2, 0) is 0 Å². The first kappa shape index (κ1) is 17.8. The summed E-state index contributed by atoms with van der Waals surface area (Å²) < 4.78 is 39.3. The molecule has 1 amide bonds. The van der Waals surface area contributed by atoms with Gasteiger partial charge in [0.1, 0.15) is 0 Å². The van der Waals surface area contributed by atoms with Gasteiger partial charge in [0.25, 0.3) is 5.91 Å². The second-order valence-electron chi connectivity index (χ2n) is 5.00. The smallest absolute Gasteiger partial charge is 0.254 e. The second kappa shape index (κ2) is 7.66. The minimum absolute atomic E-state index is 0. The summed E-state index contributed by atoms with van der Waals surface area (Å²) in [5, 5.41) is 3.23. The van der Waals surface area contributed by atoms with Crippen LogP contribution in [-0.4, -0.2) is 37.0 Å². The molecule has 21 heavy (non-hydrogen) atoms. The number of hydrogen-bond acceptors (Lipinski definition) is 2. The van der Waals surface area contributed by atoms with Crippen LogP contribution in [0.4, 0.5) is 13.2 Å². The molecular weight excluding hydrogens is 305 g/mol. The molecule has 0 radical (unpaired) electrons. The summed E-state index contributed by atoms with van der Waals surface area (Å²) in [4.78, 5) is 13.7. The van der Waals surface area contributed by atoms with Crippen molar-refractivity contribution in [3.05, 3.63) is 35.1 Å². The molecule has 1 aliphatic rings. The highest BCUT2D eigenvalue weighted by Gasteiger charge is 2.24. The first-order valence-electron chi connectivity index (χ1n) is 6.63. The Morgan fingerprint density at radius 2 is 1.81 bits per heavy atom. The van der Waals surface area contributed by atoms with Crippen LogP contribution in [0.25, 0.3) is 0 Å². The SMILES string of the molecule is CN(C(=O)c1cc(F)c(F)c(F)c1)C1CCCNCC1.Cl. The van der Waals surface area contributed by atoms with Gasteiger partial charge >= 0.3 is 0 Å². The van der Waals surface area contributed by atoms with Crippen molar-refractivity contribution in [3.8, 4) is 0 Å². The Hall–Kier alpha value is -1.27. The molecule has 1 atom stereocenters. The third-order valence-corrected chi connectivity index (χ3v) is 3.64. The molecule has 2 rings (SSSR count). The molecule has 1 saturated heterocycles. The molecule has 118 valence electrons. The Labute approximate surface area is 127 Å². The van der Waals surface area contributed by atoms with Crippen LogP contribution < -0.4 is 5.32 Å². The zero-order chi connectivity index (χ0) is 14.7. The van der Waals surface area contributed by atoms with E-state index in [1.54, 1.807) is 7.05 Å². The summed E-state index contributed by atoms with van der Waals surface area (Å²) in [7, 11) is 1.61. The van der Waals surface area contributed by atoms with E-state index < -0.39 is 23.4 Å².